The van der Waals surface area contributed by atoms with Crippen LogP contribution < -0.4 is 0 Å². The summed E-state index contributed by atoms with van der Waals surface area (Å²) in [5.41, 5.74) is 1.42. The van der Waals surface area contributed by atoms with Crippen LogP contribution in [-0.2, 0) is 0 Å². The zero-order valence-electron chi connectivity index (χ0n) is 11.8. The van der Waals surface area contributed by atoms with E-state index in [0.29, 0.717) is 18.5 Å². The van der Waals surface area contributed by atoms with Gasteiger partial charge in [0.15, 0.2) is 0 Å². The maximum Gasteiger partial charge on any atom is 0.255 e. The summed E-state index contributed by atoms with van der Waals surface area (Å²) in [6.07, 6.45) is 1.96. The van der Waals surface area contributed by atoms with Gasteiger partial charge in [0.1, 0.15) is 0 Å². The third-order valence-corrected chi connectivity index (χ3v) is 3.25. The number of aromatic nitrogens is 1. The highest BCUT2D eigenvalue weighted by molar-refractivity contribution is 5.97. The maximum absolute atomic E-state index is 12.5. The number of benzene rings is 1. The molecule has 0 spiro atoms. The van der Waals surface area contributed by atoms with Crippen molar-refractivity contribution < 1.29 is 9.18 Å². The first kappa shape index (κ1) is 14.4. The SMILES string of the molecule is CC(C)N(CCCF)C(=O)c1cnc2ccccc2c1. The molecule has 1 aromatic heterocycles. The van der Waals surface area contributed by atoms with Crippen molar-refractivity contribution in [1.82, 2.24) is 9.88 Å². The van der Waals surface area contributed by atoms with Crippen molar-refractivity contribution >= 4 is 16.8 Å². The Kier molecular flexibility index (Phi) is 4.66. The molecule has 20 heavy (non-hydrogen) atoms. The van der Waals surface area contributed by atoms with E-state index < -0.39 is 6.67 Å². The average Bonchev–Trinajstić information content (AvgIpc) is 2.46. The molecule has 2 aromatic rings. The summed E-state index contributed by atoms with van der Waals surface area (Å²) < 4.78 is 12.3. The first-order chi connectivity index (χ1) is 9.63. The molecule has 0 aliphatic carbocycles. The van der Waals surface area contributed by atoms with Gasteiger partial charge >= 0.3 is 0 Å². The normalized spacial score (nSPS) is 11.0. The number of hydrogen-bond acceptors (Lipinski definition) is 2. The van der Waals surface area contributed by atoms with Crippen molar-refractivity contribution in [1.29, 1.82) is 0 Å². The highest BCUT2D eigenvalue weighted by Crippen LogP contribution is 2.15. The van der Waals surface area contributed by atoms with Crippen molar-refractivity contribution in [2.24, 2.45) is 0 Å². The van der Waals surface area contributed by atoms with Crippen LogP contribution in [-0.4, -0.2) is 35.1 Å². The Bertz CT molecular complexity index is 598. The summed E-state index contributed by atoms with van der Waals surface area (Å²) in [6, 6.07) is 9.56. The molecule has 1 amide bonds. The van der Waals surface area contributed by atoms with Crippen molar-refractivity contribution in [3.8, 4) is 0 Å². The fourth-order valence-electron chi connectivity index (χ4n) is 2.18. The van der Waals surface area contributed by atoms with Crippen LogP contribution in [0.1, 0.15) is 30.6 Å². The van der Waals surface area contributed by atoms with E-state index in [2.05, 4.69) is 4.98 Å². The van der Waals surface area contributed by atoms with Crippen LogP contribution in [0.3, 0.4) is 0 Å². The Morgan fingerprint density at radius 2 is 2.10 bits per heavy atom. The van der Waals surface area contributed by atoms with Gasteiger partial charge in [0, 0.05) is 24.2 Å². The highest BCUT2D eigenvalue weighted by Gasteiger charge is 2.18. The highest BCUT2D eigenvalue weighted by atomic mass is 19.1. The molecule has 1 aromatic carbocycles. The third kappa shape index (κ3) is 3.13. The zero-order chi connectivity index (χ0) is 14.5. The van der Waals surface area contributed by atoms with Gasteiger partial charge in [-0.2, -0.15) is 0 Å². The van der Waals surface area contributed by atoms with Gasteiger partial charge in [0.05, 0.1) is 17.8 Å². The molecule has 3 nitrogen and oxygen atoms in total. The quantitative estimate of drug-likeness (QED) is 0.836. The third-order valence-electron chi connectivity index (χ3n) is 3.25. The topological polar surface area (TPSA) is 33.2 Å². The van der Waals surface area contributed by atoms with E-state index in [4.69, 9.17) is 0 Å². The number of carbonyl (C=O) groups is 1. The summed E-state index contributed by atoms with van der Waals surface area (Å²) in [5, 5.41) is 0.938. The number of pyridine rings is 1. The molecular formula is C16H19FN2O. The molecule has 106 valence electrons. The second-order valence-corrected chi connectivity index (χ2v) is 5.05. The van der Waals surface area contributed by atoms with Gasteiger partial charge in [-0.05, 0) is 32.4 Å². The molecule has 0 N–H and O–H groups in total. The molecule has 0 aliphatic heterocycles. The van der Waals surface area contributed by atoms with Gasteiger partial charge in [-0.3, -0.25) is 14.2 Å². The van der Waals surface area contributed by atoms with Crippen molar-refractivity contribution in [3.05, 3.63) is 42.1 Å². The number of hydrogen-bond donors (Lipinski definition) is 0. The van der Waals surface area contributed by atoms with Crippen LogP contribution in [0, 0.1) is 0 Å². The van der Waals surface area contributed by atoms with E-state index in [1.165, 1.54) is 0 Å². The number of nitrogens with zero attached hydrogens (tertiary/aromatic N) is 2. The van der Waals surface area contributed by atoms with Crippen molar-refractivity contribution in [3.63, 3.8) is 0 Å². The van der Waals surface area contributed by atoms with E-state index in [1.54, 1.807) is 11.1 Å². The number of para-hydroxylation sites is 1. The van der Waals surface area contributed by atoms with Crippen LogP contribution in [0.15, 0.2) is 36.5 Å². The van der Waals surface area contributed by atoms with Crippen molar-refractivity contribution in [2.45, 2.75) is 26.3 Å². The largest absolute Gasteiger partial charge is 0.336 e. The minimum absolute atomic E-state index is 0.0421. The minimum atomic E-state index is -0.410. The van der Waals surface area contributed by atoms with Gasteiger partial charge in [0.25, 0.3) is 5.91 Å². The predicted molar refractivity (Wildman–Crippen MR) is 78.5 cm³/mol. The number of fused-ring (bicyclic) bond motifs is 1. The lowest BCUT2D eigenvalue weighted by atomic mass is 10.1. The van der Waals surface area contributed by atoms with Gasteiger partial charge in [0.2, 0.25) is 0 Å². The second kappa shape index (κ2) is 6.46. The maximum atomic E-state index is 12.5. The minimum Gasteiger partial charge on any atom is -0.336 e. The molecule has 2 rings (SSSR count). The molecule has 0 atom stereocenters. The first-order valence-corrected chi connectivity index (χ1v) is 6.85. The molecule has 0 saturated carbocycles. The van der Waals surface area contributed by atoms with Crippen molar-refractivity contribution in [2.75, 3.05) is 13.2 Å². The molecule has 0 radical (unpaired) electrons. The summed E-state index contributed by atoms with van der Waals surface area (Å²) in [7, 11) is 0. The average molecular weight is 274 g/mol. The summed E-state index contributed by atoms with van der Waals surface area (Å²) in [5.74, 6) is -0.0910. The van der Waals surface area contributed by atoms with Gasteiger partial charge in [-0.1, -0.05) is 18.2 Å². The first-order valence-electron chi connectivity index (χ1n) is 6.85. The Hall–Kier alpha value is -1.97. The van der Waals surface area contributed by atoms with Crippen LogP contribution in [0.4, 0.5) is 4.39 Å². The molecule has 0 saturated heterocycles. The van der Waals surface area contributed by atoms with E-state index in [1.807, 2.05) is 44.2 Å². The number of rotatable bonds is 5. The van der Waals surface area contributed by atoms with Crippen LogP contribution >= 0.6 is 0 Å². The van der Waals surface area contributed by atoms with Crippen LogP contribution in [0.2, 0.25) is 0 Å². The molecule has 1 heterocycles. The van der Waals surface area contributed by atoms with Gasteiger partial charge < -0.3 is 4.90 Å². The summed E-state index contributed by atoms with van der Waals surface area (Å²) in [4.78, 5) is 18.5. The predicted octanol–water partition coefficient (Wildman–Crippen LogP) is 3.45. The zero-order valence-corrected chi connectivity index (χ0v) is 11.8. The monoisotopic (exact) mass is 274 g/mol. The number of alkyl halides is 1. The summed E-state index contributed by atoms with van der Waals surface area (Å²) in [6.45, 7) is 3.89. The molecular weight excluding hydrogens is 255 g/mol. The van der Waals surface area contributed by atoms with Gasteiger partial charge in [-0.25, -0.2) is 0 Å². The molecule has 0 aliphatic rings. The summed E-state index contributed by atoms with van der Waals surface area (Å²) >= 11 is 0. The fraction of sp³-hybridized carbons (Fsp3) is 0.375. The van der Waals surface area contributed by atoms with Crippen LogP contribution in [0.5, 0.6) is 0 Å². The smallest absolute Gasteiger partial charge is 0.255 e. The second-order valence-electron chi connectivity index (χ2n) is 5.05. The number of carbonyl (C=O) groups excluding carboxylic acids is 1. The fourth-order valence-corrected chi connectivity index (χ4v) is 2.18. The lowest BCUT2D eigenvalue weighted by Gasteiger charge is -2.26. The van der Waals surface area contributed by atoms with Crippen LogP contribution in [0.25, 0.3) is 10.9 Å². The Labute approximate surface area is 118 Å². The van der Waals surface area contributed by atoms with E-state index >= 15 is 0 Å². The molecule has 0 unspecified atom stereocenters. The standard InChI is InChI=1S/C16H19FN2O/c1-12(2)19(9-5-8-17)16(20)14-10-13-6-3-4-7-15(13)18-11-14/h3-4,6-7,10-12H,5,8-9H2,1-2H3. The Balaban J connectivity index is 2.28. The Morgan fingerprint density at radius 3 is 2.80 bits per heavy atom. The lowest BCUT2D eigenvalue weighted by molar-refractivity contribution is 0.0700. The van der Waals surface area contributed by atoms with E-state index in [-0.39, 0.29) is 11.9 Å². The molecule has 0 fully saturated rings. The molecule has 4 heteroatoms. The lowest BCUT2D eigenvalue weighted by Crippen LogP contribution is -2.38. The van der Waals surface area contributed by atoms with E-state index in [9.17, 15) is 9.18 Å². The Morgan fingerprint density at radius 1 is 1.35 bits per heavy atom. The number of amides is 1. The number of halogens is 1. The molecule has 0 bridgehead atoms. The van der Waals surface area contributed by atoms with Gasteiger partial charge in [-0.15, -0.1) is 0 Å². The van der Waals surface area contributed by atoms with E-state index in [0.717, 1.165) is 10.9 Å².